The molecule has 1 unspecified atom stereocenters. The number of carboxylic acids is 1. The number of hydrogen-bond acceptors (Lipinski definition) is 2. The summed E-state index contributed by atoms with van der Waals surface area (Å²) in [5.74, 6) is 1.40. The zero-order chi connectivity index (χ0) is 11.4. The minimum absolute atomic E-state index is 0.0747. The van der Waals surface area contributed by atoms with Gasteiger partial charge in [-0.2, -0.15) is 0 Å². The average molecular weight is 210 g/mol. The van der Waals surface area contributed by atoms with Crippen molar-refractivity contribution in [1.82, 2.24) is 10.2 Å². The number of aliphatic carboxylic acids is 1. The van der Waals surface area contributed by atoms with Crippen LogP contribution in [0.5, 0.6) is 0 Å². The number of carboxylic acid groups (broad SMARTS) is 1. The Hall–Kier alpha value is -1.70. The van der Waals surface area contributed by atoms with Crippen LogP contribution in [0.25, 0.3) is 0 Å². The standard InChI is InChI=1S/C10H14N2O3/c1-3-6-12(2)10(15)11-8(9(13)14)7-4-5-7/h1,7-8H,4-6H2,2H3,(H,11,15)(H,13,14). The molecule has 0 aromatic heterocycles. The molecule has 5 nitrogen and oxygen atoms in total. The van der Waals surface area contributed by atoms with Crippen molar-refractivity contribution in [1.29, 1.82) is 0 Å². The Labute approximate surface area is 88.4 Å². The largest absolute Gasteiger partial charge is 0.480 e. The van der Waals surface area contributed by atoms with Gasteiger partial charge in [-0.05, 0) is 18.8 Å². The van der Waals surface area contributed by atoms with Crippen LogP contribution in [0.2, 0.25) is 0 Å². The van der Waals surface area contributed by atoms with Gasteiger partial charge in [-0.3, -0.25) is 0 Å². The normalized spacial score (nSPS) is 16.3. The van der Waals surface area contributed by atoms with E-state index in [1.54, 1.807) is 0 Å². The predicted molar refractivity (Wildman–Crippen MR) is 54.1 cm³/mol. The molecule has 82 valence electrons. The second kappa shape index (κ2) is 4.69. The van der Waals surface area contributed by atoms with Crippen LogP contribution >= 0.6 is 0 Å². The number of urea groups is 1. The highest BCUT2D eigenvalue weighted by molar-refractivity contribution is 5.83. The molecule has 1 atom stereocenters. The predicted octanol–water partition coefficient (Wildman–Crippen LogP) is 0.124. The molecule has 0 spiro atoms. The van der Waals surface area contributed by atoms with E-state index in [4.69, 9.17) is 11.5 Å². The summed E-state index contributed by atoms with van der Waals surface area (Å²) in [5.41, 5.74) is 0. The van der Waals surface area contributed by atoms with E-state index in [2.05, 4.69) is 11.2 Å². The van der Waals surface area contributed by atoms with Gasteiger partial charge in [-0.1, -0.05) is 5.92 Å². The fourth-order valence-electron chi connectivity index (χ4n) is 1.26. The molecular formula is C10H14N2O3. The molecule has 0 saturated heterocycles. The smallest absolute Gasteiger partial charge is 0.326 e. The van der Waals surface area contributed by atoms with Crippen LogP contribution < -0.4 is 5.32 Å². The van der Waals surface area contributed by atoms with E-state index < -0.39 is 18.0 Å². The third-order valence-electron chi connectivity index (χ3n) is 2.31. The maximum absolute atomic E-state index is 11.4. The summed E-state index contributed by atoms with van der Waals surface area (Å²) in [6.45, 7) is 0.169. The number of hydrogen-bond donors (Lipinski definition) is 2. The zero-order valence-electron chi connectivity index (χ0n) is 8.56. The highest BCUT2D eigenvalue weighted by atomic mass is 16.4. The SMILES string of the molecule is C#CCN(C)C(=O)NC(C(=O)O)C1CC1. The van der Waals surface area contributed by atoms with Crippen molar-refractivity contribution in [3.63, 3.8) is 0 Å². The molecule has 0 bridgehead atoms. The van der Waals surface area contributed by atoms with Crippen molar-refractivity contribution in [3.8, 4) is 12.3 Å². The van der Waals surface area contributed by atoms with Gasteiger partial charge in [0.05, 0.1) is 6.54 Å². The highest BCUT2D eigenvalue weighted by Crippen LogP contribution is 2.32. The number of nitrogens with zero attached hydrogens (tertiary/aromatic N) is 1. The van der Waals surface area contributed by atoms with E-state index >= 15 is 0 Å². The van der Waals surface area contributed by atoms with E-state index in [-0.39, 0.29) is 12.5 Å². The first kappa shape index (κ1) is 11.4. The van der Waals surface area contributed by atoms with Gasteiger partial charge in [0.15, 0.2) is 0 Å². The van der Waals surface area contributed by atoms with Gasteiger partial charge in [-0.25, -0.2) is 9.59 Å². The second-order valence-electron chi connectivity index (χ2n) is 3.66. The van der Waals surface area contributed by atoms with Crippen LogP contribution in [0, 0.1) is 18.3 Å². The van der Waals surface area contributed by atoms with Crippen LogP contribution in [0.1, 0.15) is 12.8 Å². The maximum Gasteiger partial charge on any atom is 0.326 e. The molecule has 15 heavy (non-hydrogen) atoms. The monoisotopic (exact) mass is 210 g/mol. The van der Waals surface area contributed by atoms with Crippen molar-refractivity contribution in [3.05, 3.63) is 0 Å². The van der Waals surface area contributed by atoms with E-state index in [1.165, 1.54) is 11.9 Å². The molecule has 1 aliphatic rings. The Kier molecular flexibility index (Phi) is 3.56. The lowest BCUT2D eigenvalue weighted by atomic mass is 10.2. The number of amides is 2. The third-order valence-corrected chi connectivity index (χ3v) is 2.31. The summed E-state index contributed by atoms with van der Waals surface area (Å²) < 4.78 is 0. The van der Waals surface area contributed by atoms with Gasteiger partial charge < -0.3 is 15.3 Å². The number of terminal acetylenes is 1. The summed E-state index contributed by atoms with van der Waals surface area (Å²) in [5, 5.41) is 11.3. The Morgan fingerprint density at radius 3 is 2.67 bits per heavy atom. The molecule has 0 aromatic rings. The van der Waals surface area contributed by atoms with Crippen LogP contribution in [0.15, 0.2) is 0 Å². The van der Waals surface area contributed by atoms with Crippen molar-refractivity contribution >= 4 is 12.0 Å². The lowest BCUT2D eigenvalue weighted by Gasteiger charge is -2.19. The number of rotatable bonds is 4. The maximum atomic E-state index is 11.4. The zero-order valence-corrected chi connectivity index (χ0v) is 8.56. The highest BCUT2D eigenvalue weighted by Gasteiger charge is 2.37. The van der Waals surface area contributed by atoms with E-state index in [0.717, 1.165) is 12.8 Å². The fraction of sp³-hybridized carbons (Fsp3) is 0.600. The summed E-state index contributed by atoms with van der Waals surface area (Å²) in [7, 11) is 1.53. The molecule has 1 aliphatic carbocycles. The van der Waals surface area contributed by atoms with Gasteiger partial charge in [0, 0.05) is 7.05 Å². The molecule has 0 aromatic carbocycles. The summed E-state index contributed by atoms with van der Waals surface area (Å²) in [6, 6.07) is -1.22. The minimum Gasteiger partial charge on any atom is -0.480 e. The quantitative estimate of drug-likeness (QED) is 0.648. The molecule has 1 saturated carbocycles. The number of carbonyl (C=O) groups is 2. The van der Waals surface area contributed by atoms with Gasteiger partial charge in [0.25, 0.3) is 0 Å². The van der Waals surface area contributed by atoms with Crippen LogP contribution in [0.3, 0.4) is 0 Å². The first-order chi connectivity index (χ1) is 7.06. The van der Waals surface area contributed by atoms with Crippen molar-refractivity contribution in [2.24, 2.45) is 5.92 Å². The molecule has 2 N–H and O–H groups in total. The number of nitrogens with one attached hydrogen (secondary N) is 1. The molecular weight excluding hydrogens is 196 g/mol. The molecule has 0 heterocycles. The van der Waals surface area contributed by atoms with Crippen LogP contribution in [0.4, 0.5) is 4.79 Å². The van der Waals surface area contributed by atoms with Crippen molar-refractivity contribution in [2.75, 3.05) is 13.6 Å². The number of carbonyl (C=O) groups excluding carboxylic acids is 1. The second-order valence-corrected chi connectivity index (χ2v) is 3.66. The lowest BCUT2D eigenvalue weighted by Crippen LogP contribution is -2.47. The lowest BCUT2D eigenvalue weighted by molar-refractivity contribution is -0.139. The van der Waals surface area contributed by atoms with E-state index in [1.807, 2.05) is 0 Å². The molecule has 1 fully saturated rings. The minimum atomic E-state index is -0.986. The molecule has 0 radical (unpaired) electrons. The van der Waals surface area contributed by atoms with Crippen molar-refractivity contribution < 1.29 is 14.7 Å². The van der Waals surface area contributed by atoms with Crippen LogP contribution in [-0.4, -0.2) is 41.6 Å². The Balaban J connectivity index is 2.47. The van der Waals surface area contributed by atoms with Gasteiger partial charge in [0.2, 0.25) is 0 Å². The summed E-state index contributed by atoms with van der Waals surface area (Å²) >= 11 is 0. The Bertz CT molecular complexity index is 304. The van der Waals surface area contributed by atoms with Gasteiger partial charge >= 0.3 is 12.0 Å². The molecule has 0 aliphatic heterocycles. The van der Waals surface area contributed by atoms with Gasteiger partial charge in [-0.15, -0.1) is 6.42 Å². The first-order valence-electron chi connectivity index (χ1n) is 4.74. The molecule has 5 heteroatoms. The Morgan fingerprint density at radius 2 is 2.27 bits per heavy atom. The third kappa shape index (κ3) is 3.17. The average Bonchev–Trinajstić information content (AvgIpc) is 2.97. The van der Waals surface area contributed by atoms with Crippen molar-refractivity contribution in [2.45, 2.75) is 18.9 Å². The molecule has 1 rings (SSSR count). The van der Waals surface area contributed by atoms with Gasteiger partial charge in [0.1, 0.15) is 6.04 Å². The topological polar surface area (TPSA) is 69.6 Å². The fourth-order valence-corrected chi connectivity index (χ4v) is 1.26. The summed E-state index contributed by atoms with van der Waals surface area (Å²) in [6.07, 6.45) is 6.76. The van der Waals surface area contributed by atoms with E-state index in [0.29, 0.717) is 0 Å². The Morgan fingerprint density at radius 1 is 1.67 bits per heavy atom. The molecule has 2 amide bonds. The first-order valence-corrected chi connectivity index (χ1v) is 4.74. The van der Waals surface area contributed by atoms with Crippen LogP contribution in [-0.2, 0) is 4.79 Å². The van der Waals surface area contributed by atoms with E-state index in [9.17, 15) is 9.59 Å². The summed E-state index contributed by atoms with van der Waals surface area (Å²) in [4.78, 5) is 23.5.